The minimum Gasteiger partial charge on any atom is -1.00 e. The van der Waals surface area contributed by atoms with Crippen molar-refractivity contribution in [2.24, 2.45) is 0 Å². The molecule has 0 saturated carbocycles. The zero-order valence-electron chi connectivity index (χ0n) is 10.5. The molecular weight excluding hydrogens is 316 g/mol. The average molecular weight is 337 g/mol. The van der Waals surface area contributed by atoms with E-state index in [-0.39, 0.29) is 23.9 Å². The van der Waals surface area contributed by atoms with Gasteiger partial charge in [0.1, 0.15) is 0 Å². The van der Waals surface area contributed by atoms with Crippen LogP contribution in [0.1, 0.15) is 37.0 Å². The number of hydrogen-bond acceptors (Lipinski definition) is 0. The van der Waals surface area contributed by atoms with E-state index in [0.717, 1.165) is 6.42 Å². The van der Waals surface area contributed by atoms with Crippen molar-refractivity contribution in [1.82, 2.24) is 0 Å². The summed E-state index contributed by atoms with van der Waals surface area (Å²) in [5.41, 5.74) is 0. The van der Waals surface area contributed by atoms with Crippen LogP contribution in [0, 0.1) is 18.9 Å². The number of rotatable bonds is 0. The zero-order chi connectivity index (χ0) is 8.95. The van der Waals surface area contributed by atoms with E-state index in [0.29, 0.717) is 0 Å². The summed E-state index contributed by atoms with van der Waals surface area (Å²) in [6, 6.07) is 0. The maximum Gasteiger partial charge on any atom is 2.00 e. The molecule has 1 aliphatic carbocycles. The van der Waals surface area contributed by atoms with E-state index in [9.17, 15) is 0 Å². The first-order valence-electron chi connectivity index (χ1n) is 4.03. The molecular formula is C11H21W-3. The molecule has 0 aromatic heterocycles. The van der Waals surface area contributed by atoms with E-state index in [1.54, 1.807) is 0 Å². The third-order valence-electron chi connectivity index (χ3n) is 0.586. The van der Waals surface area contributed by atoms with Gasteiger partial charge in [0.05, 0.1) is 0 Å². The van der Waals surface area contributed by atoms with Gasteiger partial charge in [-0.2, -0.15) is 33.8 Å². The van der Waals surface area contributed by atoms with E-state index >= 15 is 0 Å². The van der Waals surface area contributed by atoms with Crippen LogP contribution >= 0.6 is 0 Å². The normalized spacial score (nSPS) is 10.3. The molecule has 0 unspecified atom stereocenters. The molecule has 0 heterocycles. The van der Waals surface area contributed by atoms with Gasteiger partial charge in [0, 0.05) is 0 Å². The van der Waals surface area contributed by atoms with Crippen LogP contribution in [0.4, 0.5) is 0 Å². The molecule has 74 valence electrons. The topological polar surface area (TPSA) is 0 Å². The summed E-state index contributed by atoms with van der Waals surface area (Å²) in [4.78, 5) is 0. The molecule has 0 aromatic rings. The Morgan fingerprint density at radius 1 is 1.17 bits per heavy atom. The van der Waals surface area contributed by atoms with Gasteiger partial charge in [-0.25, -0.2) is 12.2 Å². The zero-order valence-corrected chi connectivity index (χ0v) is 11.4. The first-order chi connectivity index (χ1) is 5.33. The molecule has 0 aromatic carbocycles. The largest absolute Gasteiger partial charge is 2.00 e. The van der Waals surface area contributed by atoms with Crippen LogP contribution < -0.4 is 0 Å². The fourth-order valence-corrected chi connectivity index (χ4v) is 0.340. The first-order valence-corrected chi connectivity index (χ1v) is 4.03. The average Bonchev–Trinajstić information content (AvgIpc) is 2.44. The minimum atomic E-state index is 0. The molecule has 1 aliphatic rings. The monoisotopic (exact) mass is 337 g/mol. The Bertz CT molecular complexity index is 89.5. The Kier molecular flexibility index (Phi) is 33.8. The summed E-state index contributed by atoms with van der Waals surface area (Å²) in [5, 5.41) is 0. The first kappa shape index (κ1) is 18.1. The molecule has 0 spiro atoms. The van der Waals surface area contributed by atoms with E-state index in [2.05, 4.69) is 12.2 Å². The van der Waals surface area contributed by atoms with Crippen molar-refractivity contribution in [3.63, 3.8) is 0 Å². The van der Waals surface area contributed by atoms with E-state index in [4.69, 9.17) is 0 Å². The van der Waals surface area contributed by atoms with Gasteiger partial charge in [-0.1, -0.05) is 0 Å². The molecule has 0 bridgehead atoms. The Balaban J connectivity index is -0.0000000276. The predicted molar refractivity (Wildman–Crippen MR) is 55.1 cm³/mol. The summed E-state index contributed by atoms with van der Waals surface area (Å²) in [7, 11) is 0. The molecule has 0 N–H and O–H groups in total. The second-order valence-electron chi connectivity index (χ2n) is 2.16. The molecule has 0 radical (unpaired) electrons. The number of hydrogen-bond donors (Lipinski definition) is 0. The maximum atomic E-state index is 2.99. The van der Waals surface area contributed by atoms with Crippen molar-refractivity contribution in [3.8, 4) is 0 Å². The maximum absolute atomic E-state index is 2.99. The molecule has 0 saturated heterocycles. The van der Waals surface area contributed by atoms with Gasteiger partial charge < -0.3 is 15.7 Å². The van der Waals surface area contributed by atoms with Crippen LogP contribution in [0.25, 0.3) is 0 Å². The summed E-state index contributed by atoms with van der Waals surface area (Å²) in [6.45, 7) is 8.00. The van der Waals surface area contributed by atoms with Gasteiger partial charge in [0.2, 0.25) is 0 Å². The third-order valence-corrected chi connectivity index (χ3v) is 0.586. The quantitative estimate of drug-likeness (QED) is 0.587. The molecule has 0 aliphatic heterocycles. The van der Waals surface area contributed by atoms with Gasteiger partial charge in [-0.05, 0) is 0 Å². The van der Waals surface area contributed by atoms with Crippen LogP contribution in [0.2, 0.25) is 0 Å². The second-order valence-corrected chi connectivity index (χ2v) is 2.16. The van der Waals surface area contributed by atoms with E-state index in [1.165, 1.54) is 0 Å². The molecule has 0 fully saturated rings. The number of allylic oxidation sites excluding steroid dienone is 4. The van der Waals surface area contributed by atoms with Crippen molar-refractivity contribution in [2.45, 2.75) is 34.1 Å². The van der Waals surface area contributed by atoms with Crippen molar-refractivity contribution < 1.29 is 23.9 Å². The molecule has 0 amide bonds. The fraction of sp³-hybridized carbons (Fsp3) is 0.455. The van der Waals surface area contributed by atoms with Crippen molar-refractivity contribution in [1.29, 1.82) is 0 Å². The van der Waals surface area contributed by atoms with Crippen molar-refractivity contribution in [2.75, 3.05) is 0 Å². The minimum absolute atomic E-state index is 0. The SMILES string of the molecule is C[CH-]C.C[CH-]C.[C-]1=CC=CC1.[H-].[H-].[W+2]. The molecule has 1 heteroatoms. The van der Waals surface area contributed by atoms with E-state index < -0.39 is 0 Å². The summed E-state index contributed by atoms with van der Waals surface area (Å²) in [5.74, 6) is 0. The second kappa shape index (κ2) is 22.5. The van der Waals surface area contributed by atoms with Gasteiger partial charge in [0.25, 0.3) is 0 Å². The van der Waals surface area contributed by atoms with Gasteiger partial charge in [-0.3, -0.25) is 6.08 Å². The molecule has 0 nitrogen and oxygen atoms in total. The van der Waals surface area contributed by atoms with Crippen LogP contribution in [-0.2, 0) is 21.1 Å². The van der Waals surface area contributed by atoms with Crippen molar-refractivity contribution >= 4 is 0 Å². The van der Waals surface area contributed by atoms with Crippen molar-refractivity contribution in [3.05, 3.63) is 37.1 Å². The molecule has 12 heavy (non-hydrogen) atoms. The summed E-state index contributed by atoms with van der Waals surface area (Å²) < 4.78 is 0. The van der Waals surface area contributed by atoms with Gasteiger partial charge >= 0.3 is 21.1 Å². The van der Waals surface area contributed by atoms with Crippen LogP contribution in [0.5, 0.6) is 0 Å². The smallest absolute Gasteiger partial charge is 1.00 e. The van der Waals surface area contributed by atoms with E-state index in [1.807, 2.05) is 52.7 Å². The molecule has 1 rings (SSSR count). The van der Waals surface area contributed by atoms with Crippen LogP contribution in [0.15, 0.2) is 18.2 Å². The Labute approximate surface area is 95.4 Å². The standard InChI is InChI=1S/C5H5.2C3H7.W.2H/c1-2-4-5-3-1;2*1-3-2;;;/h1-3H,4H2;2*3H,1-2H3;;;/q3*-1;+2;2*-1. The van der Waals surface area contributed by atoms with Gasteiger partial charge in [0.15, 0.2) is 0 Å². The summed E-state index contributed by atoms with van der Waals surface area (Å²) >= 11 is 0. The van der Waals surface area contributed by atoms with Crippen LogP contribution in [-0.4, -0.2) is 0 Å². The third kappa shape index (κ3) is 32.0. The fourth-order valence-electron chi connectivity index (χ4n) is 0.340. The molecule has 0 atom stereocenters. The van der Waals surface area contributed by atoms with Gasteiger partial charge in [-0.15, -0.1) is 6.42 Å². The Hall–Kier alpha value is 0.168. The Morgan fingerprint density at radius 3 is 1.67 bits per heavy atom. The summed E-state index contributed by atoms with van der Waals surface area (Å²) in [6.07, 6.45) is 14.0. The predicted octanol–water partition coefficient (Wildman–Crippen LogP) is 3.99. The Morgan fingerprint density at radius 2 is 1.58 bits per heavy atom. The van der Waals surface area contributed by atoms with Crippen LogP contribution in [0.3, 0.4) is 0 Å².